The van der Waals surface area contributed by atoms with E-state index in [0.717, 1.165) is 32.1 Å². The molecule has 1 aromatic rings. The van der Waals surface area contributed by atoms with Crippen LogP contribution >= 0.6 is 0 Å². The zero-order valence-corrected chi connectivity index (χ0v) is 16.9. The number of rotatable bonds is 6. The summed E-state index contributed by atoms with van der Waals surface area (Å²) in [6.45, 7) is 5.58. The van der Waals surface area contributed by atoms with E-state index < -0.39 is 27.5 Å². The van der Waals surface area contributed by atoms with Crippen LogP contribution in [0.25, 0.3) is 0 Å². The minimum atomic E-state index is -3.91. The van der Waals surface area contributed by atoms with Gasteiger partial charge in [-0.1, -0.05) is 19.3 Å². The first-order valence-corrected chi connectivity index (χ1v) is 10.7. The topological polar surface area (TPSA) is 118 Å². The predicted octanol–water partition coefficient (Wildman–Crippen LogP) is 1.93. The van der Waals surface area contributed by atoms with Gasteiger partial charge in [0.2, 0.25) is 21.8 Å². The first-order valence-electron chi connectivity index (χ1n) is 9.24. The van der Waals surface area contributed by atoms with E-state index in [0.29, 0.717) is 0 Å². The molecule has 7 nitrogen and oxygen atoms in total. The number of nitrogens with one attached hydrogen (secondary N) is 2. The quantitative estimate of drug-likeness (QED) is 0.682. The van der Waals surface area contributed by atoms with Crippen LogP contribution in [0.15, 0.2) is 29.2 Å². The molecule has 150 valence electrons. The molecule has 0 bridgehead atoms. The van der Waals surface area contributed by atoms with Crippen molar-refractivity contribution in [2.24, 2.45) is 11.7 Å². The first kappa shape index (κ1) is 21.4. The summed E-state index contributed by atoms with van der Waals surface area (Å²) in [5.41, 5.74) is 4.96. The molecule has 1 saturated carbocycles. The van der Waals surface area contributed by atoms with Gasteiger partial charge in [0.15, 0.2) is 0 Å². The van der Waals surface area contributed by atoms with Gasteiger partial charge >= 0.3 is 0 Å². The third kappa shape index (κ3) is 6.04. The largest absolute Gasteiger partial charge is 0.366 e. The lowest BCUT2D eigenvalue weighted by atomic mass is 9.83. The van der Waals surface area contributed by atoms with Crippen molar-refractivity contribution in [2.75, 3.05) is 0 Å². The van der Waals surface area contributed by atoms with Crippen molar-refractivity contribution < 1.29 is 18.0 Å². The summed E-state index contributed by atoms with van der Waals surface area (Å²) in [5.74, 6) is -0.982. The Kier molecular flexibility index (Phi) is 6.64. The van der Waals surface area contributed by atoms with Crippen molar-refractivity contribution in [2.45, 2.75) is 69.4 Å². The maximum atomic E-state index is 12.8. The standard InChI is InChI=1S/C19H29N3O4S/c1-19(2,3)21-18(24)16(13-7-5-4-6-8-13)22-27(25,26)15-11-9-14(10-12-15)17(20)23/h9-13,16,22H,4-8H2,1-3H3,(H2,20,23)(H,21,24). The summed E-state index contributed by atoms with van der Waals surface area (Å²) in [4.78, 5) is 24.0. The van der Waals surface area contributed by atoms with Crippen molar-refractivity contribution in [1.29, 1.82) is 0 Å². The minimum absolute atomic E-state index is 0.00290. The fraction of sp³-hybridized carbons (Fsp3) is 0.579. The second-order valence-electron chi connectivity index (χ2n) is 8.12. The summed E-state index contributed by atoms with van der Waals surface area (Å²) < 4.78 is 28.3. The number of carbonyl (C=O) groups excluding carboxylic acids is 2. The molecule has 1 aliphatic carbocycles. The lowest BCUT2D eigenvalue weighted by Gasteiger charge is -2.32. The number of primary amides is 1. The van der Waals surface area contributed by atoms with E-state index in [1.165, 1.54) is 24.3 Å². The van der Waals surface area contributed by atoms with Gasteiger partial charge in [-0.25, -0.2) is 8.42 Å². The predicted molar refractivity (Wildman–Crippen MR) is 104 cm³/mol. The lowest BCUT2D eigenvalue weighted by Crippen LogP contribution is -2.55. The van der Waals surface area contributed by atoms with Crippen molar-refractivity contribution in [1.82, 2.24) is 10.0 Å². The molecule has 1 fully saturated rings. The number of carbonyl (C=O) groups is 2. The summed E-state index contributed by atoms with van der Waals surface area (Å²) >= 11 is 0. The molecular formula is C19H29N3O4S. The second-order valence-corrected chi connectivity index (χ2v) is 9.84. The van der Waals surface area contributed by atoms with Crippen molar-refractivity contribution >= 4 is 21.8 Å². The van der Waals surface area contributed by atoms with Crippen LogP contribution in [0.1, 0.15) is 63.2 Å². The molecule has 1 atom stereocenters. The van der Waals surface area contributed by atoms with E-state index in [9.17, 15) is 18.0 Å². The number of amides is 2. The smallest absolute Gasteiger partial charge is 0.248 e. The Bertz CT molecular complexity index is 776. The number of hydrogen-bond donors (Lipinski definition) is 3. The number of sulfonamides is 1. The molecule has 0 heterocycles. The van der Waals surface area contributed by atoms with Crippen molar-refractivity contribution in [3.63, 3.8) is 0 Å². The van der Waals surface area contributed by atoms with Gasteiger partial charge in [0, 0.05) is 11.1 Å². The van der Waals surface area contributed by atoms with Gasteiger partial charge in [-0.15, -0.1) is 0 Å². The van der Waals surface area contributed by atoms with E-state index in [4.69, 9.17) is 5.73 Å². The monoisotopic (exact) mass is 395 g/mol. The van der Waals surface area contributed by atoms with Crippen LogP contribution in [-0.4, -0.2) is 31.8 Å². The molecular weight excluding hydrogens is 366 g/mol. The number of benzene rings is 1. The summed E-state index contributed by atoms with van der Waals surface area (Å²) in [7, 11) is -3.91. The van der Waals surface area contributed by atoms with E-state index in [2.05, 4.69) is 10.0 Å². The van der Waals surface area contributed by atoms with Gasteiger partial charge in [-0.05, 0) is 63.8 Å². The zero-order chi connectivity index (χ0) is 20.2. The van der Waals surface area contributed by atoms with E-state index in [-0.39, 0.29) is 22.3 Å². The maximum Gasteiger partial charge on any atom is 0.248 e. The van der Waals surface area contributed by atoms with Gasteiger partial charge in [-0.2, -0.15) is 4.72 Å². The molecule has 2 amide bonds. The first-order chi connectivity index (χ1) is 12.5. The average Bonchev–Trinajstić information content (AvgIpc) is 2.59. The Morgan fingerprint density at radius 3 is 2.11 bits per heavy atom. The normalized spacial score (nSPS) is 17.3. The zero-order valence-electron chi connectivity index (χ0n) is 16.1. The van der Waals surface area contributed by atoms with Crippen LogP contribution in [0.3, 0.4) is 0 Å². The molecule has 4 N–H and O–H groups in total. The summed E-state index contributed by atoms with van der Waals surface area (Å²) in [6, 6.07) is 4.54. The van der Waals surface area contributed by atoms with Gasteiger partial charge in [0.05, 0.1) is 4.90 Å². The molecule has 2 rings (SSSR count). The van der Waals surface area contributed by atoms with Crippen LogP contribution in [-0.2, 0) is 14.8 Å². The van der Waals surface area contributed by atoms with Gasteiger partial charge in [0.1, 0.15) is 6.04 Å². The molecule has 0 saturated heterocycles. The van der Waals surface area contributed by atoms with Crippen LogP contribution in [0, 0.1) is 5.92 Å². The van der Waals surface area contributed by atoms with E-state index >= 15 is 0 Å². The van der Waals surface area contributed by atoms with Gasteiger partial charge in [-0.3, -0.25) is 9.59 Å². The van der Waals surface area contributed by atoms with Crippen LogP contribution in [0.4, 0.5) is 0 Å². The van der Waals surface area contributed by atoms with E-state index in [1.807, 2.05) is 20.8 Å². The molecule has 27 heavy (non-hydrogen) atoms. The lowest BCUT2D eigenvalue weighted by molar-refractivity contribution is -0.125. The molecule has 0 aromatic heterocycles. The van der Waals surface area contributed by atoms with E-state index in [1.54, 1.807) is 0 Å². The Hall–Kier alpha value is -1.93. The molecule has 0 aliphatic heterocycles. The highest BCUT2D eigenvalue weighted by atomic mass is 32.2. The highest BCUT2D eigenvalue weighted by Crippen LogP contribution is 2.28. The number of nitrogens with two attached hydrogens (primary N) is 1. The second kappa shape index (κ2) is 8.39. The summed E-state index contributed by atoms with van der Waals surface area (Å²) in [5, 5.41) is 2.89. The molecule has 0 spiro atoms. The third-order valence-electron chi connectivity index (χ3n) is 4.63. The summed E-state index contributed by atoms with van der Waals surface area (Å²) in [6.07, 6.45) is 4.69. The third-order valence-corrected chi connectivity index (χ3v) is 6.09. The maximum absolute atomic E-state index is 12.8. The number of hydrogen-bond acceptors (Lipinski definition) is 4. The van der Waals surface area contributed by atoms with Gasteiger partial charge in [0.25, 0.3) is 0 Å². The van der Waals surface area contributed by atoms with Crippen molar-refractivity contribution in [3.8, 4) is 0 Å². The molecule has 0 radical (unpaired) electrons. The van der Waals surface area contributed by atoms with Crippen LogP contribution in [0.2, 0.25) is 0 Å². The Labute approximate surface area is 161 Å². The molecule has 8 heteroatoms. The Balaban J connectivity index is 2.26. The fourth-order valence-corrected chi connectivity index (χ4v) is 4.58. The molecule has 1 aromatic carbocycles. The minimum Gasteiger partial charge on any atom is -0.366 e. The SMILES string of the molecule is CC(C)(C)NC(=O)C(NS(=O)(=O)c1ccc(C(N)=O)cc1)C1CCCCC1. The van der Waals surface area contributed by atoms with Crippen LogP contribution < -0.4 is 15.8 Å². The van der Waals surface area contributed by atoms with Crippen molar-refractivity contribution in [3.05, 3.63) is 29.8 Å². The molecule has 1 aliphatic rings. The average molecular weight is 396 g/mol. The highest BCUT2D eigenvalue weighted by molar-refractivity contribution is 7.89. The van der Waals surface area contributed by atoms with Gasteiger partial charge < -0.3 is 11.1 Å². The fourth-order valence-electron chi connectivity index (χ4n) is 3.31. The Morgan fingerprint density at radius 2 is 1.63 bits per heavy atom. The highest BCUT2D eigenvalue weighted by Gasteiger charge is 2.34. The Morgan fingerprint density at radius 1 is 1.07 bits per heavy atom. The van der Waals surface area contributed by atoms with Crippen LogP contribution in [0.5, 0.6) is 0 Å². The molecule has 1 unspecified atom stereocenters.